The zero-order valence-electron chi connectivity index (χ0n) is 58.7. The lowest BCUT2D eigenvalue weighted by atomic mass is 9.96. The van der Waals surface area contributed by atoms with Crippen molar-refractivity contribution in [3.63, 3.8) is 0 Å². The highest BCUT2D eigenvalue weighted by Gasteiger charge is 2.53. The van der Waals surface area contributed by atoms with Crippen LogP contribution < -0.4 is 5.32 Å². The quantitative estimate of drug-likeness (QED) is 0.0199. The molecule has 0 aromatic heterocycles. The number of amides is 1. The fourth-order valence-electron chi connectivity index (χ4n) is 13.0. The summed E-state index contributed by atoms with van der Waals surface area (Å²) in [6, 6.07) is -0.995. The molecule has 3 saturated heterocycles. The van der Waals surface area contributed by atoms with Gasteiger partial charge in [-0.15, -0.1) is 0 Å². The van der Waals surface area contributed by atoms with Crippen molar-refractivity contribution in [3.05, 3.63) is 36.5 Å². The predicted molar refractivity (Wildman–Crippen MR) is 369 cm³/mol. The Morgan fingerprint density at radius 1 is 0.372 bits per heavy atom. The second kappa shape index (κ2) is 56.7. The summed E-state index contributed by atoms with van der Waals surface area (Å²) in [5.41, 5.74) is 0. The summed E-state index contributed by atoms with van der Waals surface area (Å²) in [4.78, 5) is 13.4. The maximum atomic E-state index is 13.4. The molecular formula is C75H139NO18. The zero-order chi connectivity index (χ0) is 68.2. The van der Waals surface area contributed by atoms with E-state index in [0.29, 0.717) is 12.8 Å². The summed E-state index contributed by atoms with van der Waals surface area (Å²) >= 11 is 0. The zero-order valence-corrected chi connectivity index (χ0v) is 58.7. The van der Waals surface area contributed by atoms with Gasteiger partial charge < -0.3 is 89.9 Å². The number of rotatable bonds is 60. The first-order chi connectivity index (χ1) is 45.8. The molecule has 94 heavy (non-hydrogen) atoms. The topological polar surface area (TPSA) is 307 Å². The van der Waals surface area contributed by atoms with Crippen LogP contribution in [0.2, 0.25) is 0 Å². The lowest BCUT2D eigenvalue weighted by Crippen LogP contribution is -2.66. The van der Waals surface area contributed by atoms with Crippen LogP contribution in [0.25, 0.3) is 0 Å². The van der Waals surface area contributed by atoms with Gasteiger partial charge in [-0.25, -0.2) is 0 Å². The highest BCUT2D eigenvalue weighted by molar-refractivity contribution is 5.76. The van der Waals surface area contributed by atoms with Gasteiger partial charge in [-0.1, -0.05) is 288 Å². The molecule has 0 radical (unpaired) electrons. The maximum absolute atomic E-state index is 13.4. The van der Waals surface area contributed by atoms with E-state index in [-0.39, 0.29) is 18.9 Å². The fraction of sp³-hybridized carbons (Fsp3) is 0.907. The number of hydrogen-bond donors (Lipinski definition) is 12. The number of carbonyl (C=O) groups excluding carboxylic acids is 1. The van der Waals surface area contributed by atoms with Crippen LogP contribution in [0.15, 0.2) is 36.5 Å². The number of nitrogens with one attached hydrogen (secondary N) is 1. The molecular weight excluding hydrogens is 1200 g/mol. The van der Waals surface area contributed by atoms with Gasteiger partial charge in [0.1, 0.15) is 73.2 Å². The van der Waals surface area contributed by atoms with E-state index in [4.69, 9.17) is 28.4 Å². The first-order valence-electron chi connectivity index (χ1n) is 38.2. The molecule has 3 heterocycles. The molecule has 3 rings (SSSR count). The van der Waals surface area contributed by atoms with Crippen LogP contribution in [0.5, 0.6) is 0 Å². The van der Waals surface area contributed by atoms with Gasteiger partial charge in [0.15, 0.2) is 18.9 Å². The second-order valence-electron chi connectivity index (χ2n) is 27.5. The molecule has 0 saturated carbocycles. The summed E-state index contributed by atoms with van der Waals surface area (Å²) in [5.74, 6) is -0.284. The smallest absolute Gasteiger partial charge is 0.220 e. The molecule has 0 aliphatic carbocycles. The molecule has 19 nitrogen and oxygen atoms in total. The number of aliphatic hydroxyl groups excluding tert-OH is 11. The van der Waals surface area contributed by atoms with Gasteiger partial charge in [0.05, 0.1) is 38.6 Å². The molecule has 552 valence electrons. The van der Waals surface area contributed by atoms with Crippen molar-refractivity contribution >= 4 is 5.91 Å². The van der Waals surface area contributed by atoms with Crippen LogP contribution in [-0.2, 0) is 33.2 Å². The van der Waals surface area contributed by atoms with Crippen molar-refractivity contribution in [3.8, 4) is 0 Å². The third-order valence-corrected chi connectivity index (χ3v) is 19.2. The fourth-order valence-corrected chi connectivity index (χ4v) is 13.0. The van der Waals surface area contributed by atoms with E-state index < -0.39 is 124 Å². The molecule has 17 unspecified atom stereocenters. The van der Waals surface area contributed by atoms with Crippen LogP contribution in [0.4, 0.5) is 0 Å². The molecule has 0 aromatic carbocycles. The average Bonchev–Trinajstić information content (AvgIpc) is 0.787. The first kappa shape index (κ1) is 86.2. The molecule has 3 aliphatic rings. The van der Waals surface area contributed by atoms with E-state index in [0.717, 1.165) is 44.9 Å². The predicted octanol–water partition coefficient (Wildman–Crippen LogP) is 11.6. The Morgan fingerprint density at radius 3 is 1.06 bits per heavy atom. The van der Waals surface area contributed by atoms with E-state index in [9.17, 15) is 61.0 Å². The summed E-state index contributed by atoms with van der Waals surface area (Å²) < 4.78 is 34.4. The van der Waals surface area contributed by atoms with Gasteiger partial charge in [0.2, 0.25) is 5.91 Å². The van der Waals surface area contributed by atoms with Gasteiger partial charge in [-0.3, -0.25) is 4.79 Å². The number of allylic oxidation sites excluding steroid dienone is 5. The van der Waals surface area contributed by atoms with E-state index in [1.807, 2.05) is 6.08 Å². The molecule has 0 bridgehead atoms. The van der Waals surface area contributed by atoms with Crippen molar-refractivity contribution in [2.45, 2.75) is 407 Å². The molecule has 19 heteroatoms. The summed E-state index contributed by atoms with van der Waals surface area (Å²) in [5, 5.41) is 121. The minimum Gasteiger partial charge on any atom is -0.394 e. The Kier molecular flexibility index (Phi) is 52.0. The van der Waals surface area contributed by atoms with Crippen molar-refractivity contribution in [2.75, 3.05) is 26.4 Å². The van der Waals surface area contributed by atoms with Crippen molar-refractivity contribution in [1.82, 2.24) is 5.32 Å². The van der Waals surface area contributed by atoms with Gasteiger partial charge in [0.25, 0.3) is 0 Å². The molecule has 1 amide bonds. The Balaban J connectivity index is 1.40. The summed E-state index contributed by atoms with van der Waals surface area (Å²) in [7, 11) is 0. The van der Waals surface area contributed by atoms with E-state index >= 15 is 0 Å². The van der Waals surface area contributed by atoms with Gasteiger partial charge in [-0.2, -0.15) is 0 Å². The third-order valence-electron chi connectivity index (χ3n) is 19.2. The summed E-state index contributed by atoms with van der Waals surface area (Å²) in [6.07, 6.45) is 41.3. The molecule has 17 atom stereocenters. The number of hydrogen-bond acceptors (Lipinski definition) is 18. The highest BCUT2D eigenvalue weighted by Crippen LogP contribution is 2.33. The van der Waals surface area contributed by atoms with E-state index in [1.54, 1.807) is 6.08 Å². The number of aliphatic hydroxyl groups is 11. The maximum Gasteiger partial charge on any atom is 0.220 e. The normalized spacial score (nSPS) is 27.5. The highest BCUT2D eigenvalue weighted by atomic mass is 16.8. The minimum absolute atomic E-state index is 0.236. The van der Waals surface area contributed by atoms with Gasteiger partial charge in [-0.05, 0) is 44.9 Å². The lowest BCUT2D eigenvalue weighted by molar-refractivity contribution is -0.379. The van der Waals surface area contributed by atoms with E-state index in [1.165, 1.54) is 225 Å². The van der Waals surface area contributed by atoms with Crippen LogP contribution in [0.1, 0.15) is 303 Å². The molecule has 3 aliphatic heterocycles. The van der Waals surface area contributed by atoms with Crippen molar-refractivity contribution in [1.29, 1.82) is 0 Å². The van der Waals surface area contributed by atoms with Gasteiger partial charge in [0, 0.05) is 6.42 Å². The Morgan fingerprint density at radius 2 is 0.681 bits per heavy atom. The first-order valence-corrected chi connectivity index (χ1v) is 38.2. The van der Waals surface area contributed by atoms with Crippen LogP contribution in [0.3, 0.4) is 0 Å². The molecule has 0 spiro atoms. The van der Waals surface area contributed by atoms with Crippen LogP contribution in [0, 0.1) is 0 Å². The summed E-state index contributed by atoms with van der Waals surface area (Å²) in [6.45, 7) is 1.75. The SMILES string of the molecule is CCCCCCCCCCCCC/C=C/CC/C=C/CC/C=C/C(O)C(COC1OC(CO)C(OC2OC(CO)C(OC3OC(CO)C(O)C(O)C3O)C(O)C2O)C(O)C1O)NC(=O)CCCCCCCCCCCCCCCCCCCCCCCCCCCCCC. The Labute approximate surface area is 568 Å². The number of unbranched alkanes of at least 4 members (excludes halogenated alkanes) is 40. The van der Waals surface area contributed by atoms with E-state index in [2.05, 4.69) is 43.5 Å². The standard InChI is InChI=1S/C75H139NO18/c1-3-5-7-9-11-13-15-17-19-21-23-25-26-27-28-29-30-31-33-35-37-39-41-43-45-47-49-51-53-63(81)76-58(59(80)52-50-48-46-44-42-40-38-36-34-32-24-22-20-18-16-14-12-10-8-6-4-2)57-89-73-69(87)66(84)71(61(55-78)91-73)94-75-70(88)67(85)72(62(56-79)92-75)93-74-68(86)65(83)64(82)60(54-77)90-74/h34,36,42,44,50,52,58-62,64-75,77-80,82-88H,3-33,35,37-41,43,45-49,51,53-57H2,1-2H3,(H,76,81)/b36-34+,44-42+,52-50+. The molecule has 3 fully saturated rings. The lowest BCUT2D eigenvalue weighted by Gasteiger charge is -2.48. The molecule has 0 aromatic rings. The third kappa shape index (κ3) is 37.4. The monoisotopic (exact) mass is 1340 g/mol. The molecule has 12 N–H and O–H groups in total. The van der Waals surface area contributed by atoms with Crippen LogP contribution >= 0.6 is 0 Å². The number of carbonyl (C=O) groups is 1. The largest absolute Gasteiger partial charge is 0.394 e. The average molecular weight is 1340 g/mol. The Hall–Kier alpha value is -1.99. The van der Waals surface area contributed by atoms with Crippen molar-refractivity contribution in [2.24, 2.45) is 0 Å². The number of ether oxygens (including phenoxy) is 6. The second-order valence-corrected chi connectivity index (χ2v) is 27.5. The minimum atomic E-state index is -1.98. The van der Waals surface area contributed by atoms with Crippen LogP contribution in [-0.4, -0.2) is 193 Å². The van der Waals surface area contributed by atoms with Gasteiger partial charge >= 0.3 is 0 Å². The van der Waals surface area contributed by atoms with Crippen molar-refractivity contribution < 1.29 is 89.4 Å². The Bertz CT molecular complexity index is 1840.